The maximum Gasteiger partial charge on any atom is 0.162 e. The van der Waals surface area contributed by atoms with E-state index in [9.17, 15) is 4.79 Å². The zero-order chi connectivity index (χ0) is 9.97. The SMILES string of the molecule is CCCC(=O)c1ccc2occc2c1. The highest BCUT2D eigenvalue weighted by atomic mass is 16.3. The first-order chi connectivity index (χ1) is 6.81. The van der Waals surface area contributed by atoms with Crippen molar-refractivity contribution in [3.63, 3.8) is 0 Å². The Kier molecular flexibility index (Phi) is 2.35. The van der Waals surface area contributed by atoms with Gasteiger partial charge >= 0.3 is 0 Å². The summed E-state index contributed by atoms with van der Waals surface area (Å²) < 4.78 is 5.20. The molecule has 0 spiro atoms. The van der Waals surface area contributed by atoms with Crippen LogP contribution in [-0.4, -0.2) is 5.78 Å². The van der Waals surface area contributed by atoms with E-state index < -0.39 is 0 Å². The maximum atomic E-state index is 11.6. The molecule has 2 nitrogen and oxygen atoms in total. The van der Waals surface area contributed by atoms with Gasteiger partial charge in [0, 0.05) is 17.4 Å². The third-order valence-electron chi connectivity index (χ3n) is 2.25. The van der Waals surface area contributed by atoms with E-state index in [4.69, 9.17) is 4.42 Å². The monoisotopic (exact) mass is 188 g/mol. The second-order valence-corrected chi connectivity index (χ2v) is 3.35. The molecule has 2 heteroatoms. The Bertz CT molecular complexity index is 454. The third kappa shape index (κ3) is 1.55. The third-order valence-corrected chi connectivity index (χ3v) is 2.25. The molecule has 0 saturated carbocycles. The number of carbonyl (C=O) groups excluding carboxylic acids is 1. The highest BCUT2D eigenvalue weighted by Crippen LogP contribution is 2.18. The van der Waals surface area contributed by atoms with Crippen molar-refractivity contribution in [3.8, 4) is 0 Å². The lowest BCUT2D eigenvalue weighted by atomic mass is 10.1. The Morgan fingerprint density at radius 1 is 1.36 bits per heavy atom. The van der Waals surface area contributed by atoms with E-state index in [1.54, 1.807) is 6.26 Å². The van der Waals surface area contributed by atoms with E-state index >= 15 is 0 Å². The molecule has 0 atom stereocenters. The van der Waals surface area contributed by atoms with Crippen LogP contribution in [0.2, 0.25) is 0 Å². The van der Waals surface area contributed by atoms with Gasteiger partial charge in [-0.1, -0.05) is 6.92 Å². The number of benzene rings is 1. The molecule has 0 radical (unpaired) electrons. The van der Waals surface area contributed by atoms with Gasteiger partial charge in [-0.2, -0.15) is 0 Å². The average molecular weight is 188 g/mol. The summed E-state index contributed by atoms with van der Waals surface area (Å²) in [5, 5.41) is 0.993. The lowest BCUT2D eigenvalue weighted by molar-refractivity contribution is 0.0982. The number of rotatable bonds is 3. The highest BCUT2D eigenvalue weighted by Gasteiger charge is 2.05. The van der Waals surface area contributed by atoms with Crippen molar-refractivity contribution in [1.29, 1.82) is 0 Å². The van der Waals surface area contributed by atoms with Gasteiger partial charge in [0.25, 0.3) is 0 Å². The Morgan fingerprint density at radius 2 is 2.21 bits per heavy atom. The summed E-state index contributed by atoms with van der Waals surface area (Å²) in [7, 11) is 0. The van der Waals surface area contributed by atoms with Crippen LogP contribution in [0.25, 0.3) is 11.0 Å². The van der Waals surface area contributed by atoms with Crippen molar-refractivity contribution in [2.75, 3.05) is 0 Å². The summed E-state index contributed by atoms with van der Waals surface area (Å²) in [6.45, 7) is 2.01. The number of hydrogen-bond acceptors (Lipinski definition) is 2. The molecule has 0 fully saturated rings. The van der Waals surface area contributed by atoms with E-state index in [2.05, 4.69) is 0 Å². The number of fused-ring (bicyclic) bond motifs is 1. The Balaban J connectivity index is 2.38. The van der Waals surface area contributed by atoms with E-state index in [0.29, 0.717) is 6.42 Å². The quantitative estimate of drug-likeness (QED) is 0.691. The van der Waals surface area contributed by atoms with Gasteiger partial charge in [-0.3, -0.25) is 4.79 Å². The van der Waals surface area contributed by atoms with Crippen molar-refractivity contribution in [2.45, 2.75) is 19.8 Å². The molecule has 1 heterocycles. The van der Waals surface area contributed by atoms with Gasteiger partial charge in [0.15, 0.2) is 5.78 Å². The van der Waals surface area contributed by atoms with Crippen LogP contribution in [0.3, 0.4) is 0 Å². The molecule has 2 rings (SSSR count). The first-order valence-corrected chi connectivity index (χ1v) is 4.81. The standard InChI is InChI=1S/C12H12O2/c1-2-3-11(13)9-4-5-12-10(8-9)6-7-14-12/h4-8H,2-3H2,1H3. The summed E-state index contributed by atoms with van der Waals surface area (Å²) in [6, 6.07) is 7.43. The Hall–Kier alpha value is -1.57. The molecular weight excluding hydrogens is 176 g/mol. The second kappa shape index (κ2) is 3.66. The van der Waals surface area contributed by atoms with Crippen LogP contribution in [0.15, 0.2) is 34.9 Å². The molecule has 0 aliphatic rings. The van der Waals surface area contributed by atoms with Crippen LogP contribution in [-0.2, 0) is 0 Å². The fourth-order valence-corrected chi connectivity index (χ4v) is 1.51. The molecular formula is C12H12O2. The summed E-state index contributed by atoms with van der Waals surface area (Å²) in [4.78, 5) is 11.6. The van der Waals surface area contributed by atoms with E-state index in [1.165, 1.54) is 0 Å². The molecule has 72 valence electrons. The number of hydrogen-bond donors (Lipinski definition) is 0. The van der Waals surface area contributed by atoms with Crippen molar-refractivity contribution in [1.82, 2.24) is 0 Å². The van der Waals surface area contributed by atoms with Gasteiger partial charge in [-0.15, -0.1) is 0 Å². The molecule has 0 aliphatic heterocycles. The van der Waals surface area contributed by atoms with Gasteiger partial charge in [0.2, 0.25) is 0 Å². The molecule has 1 aromatic carbocycles. The van der Waals surface area contributed by atoms with Crippen LogP contribution >= 0.6 is 0 Å². The summed E-state index contributed by atoms with van der Waals surface area (Å²) >= 11 is 0. The van der Waals surface area contributed by atoms with E-state index in [1.807, 2.05) is 31.2 Å². The summed E-state index contributed by atoms with van der Waals surface area (Å²) in [5.41, 5.74) is 1.61. The average Bonchev–Trinajstić information content (AvgIpc) is 2.64. The number of carbonyl (C=O) groups is 1. The highest BCUT2D eigenvalue weighted by molar-refractivity contribution is 5.99. The largest absolute Gasteiger partial charge is 0.464 e. The predicted octanol–water partition coefficient (Wildman–Crippen LogP) is 3.42. The van der Waals surface area contributed by atoms with Crippen LogP contribution in [0.1, 0.15) is 30.1 Å². The van der Waals surface area contributed by atoms with Crippen LogP contribution in [0, 0.1) is 0 Å². The van der Waals surface area contributed by atoms with Crippen LogP contribution < -0.4 is 0 Å². The minimum Gasteiger partial charge on any atom is -0.464 e. The molecule has 0 amide bonds. The summed E-state index contributed by atoms with van der Waals surface area (Å²) in [6.07, 6.45) is 3.14. The second-order valence-electron chi connectivity index (χ2n) is 3.35. The minimum absolute atomic E-state index is 0.204. The van der Waals surface area contributed by atoms with Gasteiger partial charge in [0.1, 0.15) is 5.58 Å². The normalized spacial score (nSPS) is 10.6. The zero-order valence-electron chi connectivity index (χ0n) is 8.12. The van der Waals surface area contributed by atoms with E-state index in [0.717, 1.165) is 23.0 Å². The predicted molar refractivity (Wildman–Crippen MR) is 55.5 cm³/mol. The van der Waals surface area contributed by atoms with Gasteiger partial charge in [-0.25, -0.2) is 0 Å². The molecule has 1 aromatic heterocycles. The van der Waals surface area contributed by atoms with Crippen LogP contribution in [0.5, 0.6) is 0 Å². The van der Waals surface area contributed by atoms with Crippen molar-refractivity contribution >= 4 is 16.8 Å². The van der Waals surface area contributed by atoms with Gasteiger partial charge in [0.05, 0.1) is 6.26 Å². The number of furan rings is 1. The topological polar surface area (TPSA) is 30.2 Å². The number of ketones is 1. The first-order valence-electron chi connectivity index (χ1n) is 4.81. The lowest BCUT2D eigenvalue weighted by Gasteiger charge is -1.98. The number of Topliss-reactive ketones (excluding diaryl/α,β-unsaturated/α-hetero) is 1. The Morgan fingerprint density at radius 3 is 3.00 bits per heavy atom. The zero-order valence-corrected chi connectivity index (χ0v) is 8.12. The molecule has 14 heavy (non-hydrogen) atoms. The fourth-order valence-electron chi connectivity index (χ4n) is 1.51. The molecule has 0 N–H and O–H groups in total. The molecule has 0 unspecified atom stereocenters. The fraction of sp³-hybridized carbons (Fsp3) is 0.250. The molecule has 0 saturated heterocycles. The first kappa shape index (κ1) is 9.00. The molecule has 0 bridgehead atoms. The van der Waals surface area contributed by atoms with Crippen LogP contribution in [0.4, 0.5) is 0 Å². The summed E-state index contributed by atoms with van der Waals surface area (Å²) in [5.74, 6) is 0.204. The minimum atomic E-state index is 0.204. The van der Waals surface area contributed by atoms with Crippen molar-refractivity contribution in [2.24, 2.45) is 0 Å². The molecule has 2 aromatic rings. The molecule has 0 aliphatic carbocycles. The van der Waals surface area contributed by atoms with Crippen molar-refractivity contribution < 1.29 is 9.21 Å². The van der Waals surface area contributed by atoms with Gasteiger partial charge < -0.3 is 4.42 Å². The Labute approximate surface area is 82.5 Å². The maximum absolute atomic E-state index is 11.6. The lowest BCUT2D eigenvalue weighted by Crippen LogP contribution is -1.96. The van der Waals surface area contributed by atoms with Gasteiger partial charge in [-0.05, 0) is 30.7 Å². The smallest absolute Gasteiger partial charge is 0.162 e. The van der Waals surface area contributed by atoms with E-state index in [-0.39, 0.29) is 5.78 Å². The van der Waals surface area contributed by atoms with Crippen molar-refractivity contribution in [3.05, 3.63) is 36.1 Å².